The summed E-state index contributed by atoms with van der Waals surface area (Å²) in [5, 5.41) is 2.80. The lowest BCUT2D eigenvalue weighted by molar-refractivity contribution is 0.102. The van der Waals surface area contributed by atoms with Gasteiger partial charge in [-0.15, -0.1) is 0 Å². The molecule has 2 rings (SSSR count). The van der Waals surface area contributed by atoms with Gasteiger partial charge in [-0.2, -0.15) is 0 Å². The molecule has 2 aromatic rings. The largest absolute Gasteiger partial charge is 0.378 e. The van der Waals surface area contributed by atoms with Crippen molar-refractivity contribution in [3.8, 4) is 0 Å². The maximum atomic E-state index is 13.0. The van der Waals surface area contributed by atoms with E-state index in [0.717, 1.165) is 5.69 Å². The Morgan fingerprint density at radius 2 is 1.90 bits per heavy atom. The second-order valence-electron chi connectivity index (χ2n) is 4.86. The number of aryl methyl sites for hydroxylation is 1. The molecule has 0 fully saturated rings. The molecule has 1 amide bonds. The van der Waals surface area contributed by atoms with Gasteiger partial charge in [-0.3, -0.25) is 4.79 Å². The predicted molar refractivity (Wildman–Crippen MR) is 79.9 cm³/mol. The van der Waals surface area contributed by atoms with Crippen LogP contribution in [0.15, 0.2) is 42.5 Å². The van der Waals surface area contributed by atoms with E-state index >= 15 is 0 Å². The number of hydrogen-bond donors (Lipinski definition) is 1. The van der Waals surface area contributed by atoms with Crippen LogP contribution in [0, 0.1) is 12.7 Å². The standard InChI is InChI=1S/C16H17FN2O/c1-11-9-13(17)7-8-15(11)18-16(20)12-5-4-6-14(10-12)19(2)3/h4-10H,1-3H3,(H,18,20). The molecule has 4 heteroatoms. The molecule has 0 radical (unpaired) electrons. The summed E-state index contributed by atoms with van der Waals surface area (Å²) in [4.78, 5) is 14.1. The average molecular weight is 272 g/mol. The molecule has 20 heavy (non-hydrogen) atoms. The van der Waals surface area contributed by atoms with Crippen LogP contribution >= 0.6 is 0 Å². The van der Waals surface area contributed by atoms with Crippen molar-refractivity contribution < 1.29 is 9.18 Å². The van der Waals surface area contributed by atoms with Crippen molar-refractivity contribution in [2.75, 3.05) is 24.3 Å². The van der Waals surface area contributed by atoms with E-state index in [1.807, 2.05) is 37.2 Å². The Kier molecular flexibility index (Phi) is 4.03. The van der Waals surface area contributed by atoms with Gasteiger partial charge in [-0.25, -0.2) is 4.39 Å². The number of hydrogen-bond acceptors (Lipinski definition) is 2. The van der Waals surface area contributed by atoms with Crippen LogP contribution in [-0.2, 0) is 0 Å². The molecule has 0 spiro atoms. The van der Waals surface area contributed by atoms with Gasteiger partial charge in [0.1, 0.15) is 5.82 Å². The fraction of sp³-hybridized carbons (Fsp3) is 0.188. The molecule has 0 aromatic heterocycles. The van der Waals surface area contributed by atoms with Gasteiger partial charge in [0.15, 0.2) is 0 Å². The van der Waals surface area contributed by atoms with Crippen LogP contribution < -0.4 is 10.2 Å². The Bertz CT molecular complexity index is 638. The molecule has 1 N–H and O–H groups in total. The number of benzene rings is 2. The van der Waals surface area contributed by atoms with E-state index in [9.17, 15) is 9.18 Å². The first-order chi connectivity index (χ1) is 9.47. The van der Waals surface area contributed by atoms with E-state index in [1.165, 1.54) is 12.1 Å². The van der Waals surface area contributed by atoms with Crippen molar-refractivity contribution in [3.63, 3.8) is 0 Å². The van der Waals surface area contributed by atoms with Crippen LogP contribution in [0.5, 0.6) is 0 Å². The highest BCUT2D eigenvalue weighted by molar-refractivity contribution is 6.05. The number of carbonyl (C=O) groups excluding carboxylic acids is 1. The molecular weight excluding hydrogens is 255 g/mol. The van der Waals surface area contributed by atoms with Crippen LogP contribution in [0.2, 0.25) is 0 Å². The van der Waals surface area contributed by atoms with Gasteiger partial charge in [0.25, 0.3) is 5.91 Å². The van der Waals surface area contributed by atoms with E-state index in [1.54, 1.807) is 19.1 Å². The molecule has 0 aliphatic carbocycles. The quantitative estimate of drug-likeness (QED) is 0.928. The minimum atomic E-state index is -0.310. The molecule has 3 nitrogen and oxygen atoms in total. The van der Waals surface area contributed by atoms with Crippen molar-refractivity contribution in [1.82, 2.24) is 0 Å². The van der Waals surface area contributed by atoms with Crippen LogP contribution in [0.1, 0.15) is 15.9 Å². The summed E-state index contributed by atoms with van der Waals surface area (Å²) in [6.07, 6.45) is 0. The summed E-state index contributed by atoms with van der Waals surface area (Å²) in [5.74, 6) is -0.515. The lowest BCUT2D eigenvalue weighted by atomic mass is 10.1. The molecule has 104 valence electrons. The molecule has 0 saturated heterocycles. The summed E-state index contributed by atoms with van der Waals surface area (Å²) in [5.41, 5.74) is 2.84. The summed E-state index contributed by atoms with van der Waals surface area (Å²) in [7, 11) is 3.84. The molecule has 0 atom stereocenters. The maximum absolute atomic E-state index is 13.0. The third-order valence-corrected chi connectivity index (χ3v) is 3.06. The average Bonchev–Trinajstić information content (AvgIpc) is 2.42. The van der Waals surface area contributed by atoms with Gasteiger partial charge in [0.2, 0.25) is 0 Å². The number of nitrogens with one attached hydrogen (secondary N) is 1. The van der Waals surface area contributed by atoms with Crippen molar-refractivity contribution in [3.05, 3.63) is 59.4 Å². The van der Waals surface area contributed by atoms with Gasteiger partial charge >= 0.3 is 0 Å². The van der Waals surface area contributed by atoms with Crippen molar-refractivity contribution in [1.29, 1.82) is 0 Å². The fourth-order valence-corrected chi connectivity index (χ4v) is 1.89. The first-order valence-corrected chi connectivity index (χ1v) is 6.32. The third-order valence-electron chi connectivity index (χ3n) is 3.06. The second-order valence-corrected chi connectivity index (χ2v) is 4.86. The zero-order valence-electron chi connectivity index (χ0n) is 11.8. The minimum Gasteiger partial charge on any atom is -0.378 e. The number of rotatable bonds is 3. The van der Waals surface area contributed by atoms with Crippen LogP contribution in [0.25, 0.3) is 0 Å². The smallest absolute Gasteiger partial charge is 0.255 e. The number of amides is 1. The molecule has 0 bridgehead atoms. The number of halogens is 1. The monoisotopic (exact) mass is 272 g/mol. The van der Waals surface area contributed by atoms with Crippen molar-refractivity contribution in [2.24, 2.45) is 0 Å². The molecule has 2 aromatic carbocycles. The molecule has 0 unspecified atom stereocenters. The number of carbonyl (C=O) groups is 1. The summed E-state index contributed by atoms with van der Waals surface area (Å²) in [6, 6.07) is 11.6. The zero-order chi connectivity index (χ0) is 14.7. The highest BCUT2D eigenvalue weighted by atomic mass is 19.1. The molecule has 0 aliphatic rings. The third kappa shape index (κ3) is 3.15. The van der Waals surface area contributed by atoms with E-state index in [0.29, 0.717) is 16.8 Å². The lowest BCUT2D eigenvalue weighted by Crippen LogP contribution is -2.14. The Morgan fingerprint density at radius 3 is 2.55 bits per heavy atom. The normalized spacial score (nSPS) is 10.2. The lowest BCUT2D eigenvalue weighted by Gasteiger charge is -2.14. The Hall–Kier alpha value is -2.36. The van der Waals surface area contributed by atoms with E-state index in [2.05, 4.69) is 5.32 Å². The second kappa shape index (κ2) is 5.74. The molecular formula is C16H17FN2O. The van der Waals surface area contributed by atoms with Gasteiger partial charge in [-0.1, -0.05) is 6.07 Å². The van der Waals surface area contributed by atoms with Gasteiger partial charge in [-0.05, 0) is 48.9 Å². The molecule has 0 heterocycles. The molecule has 0 aliphatic heterocycles. The molecule has 0 saturated carbocycles. The number of anilines is 2. The van der Waals surface area contributed by atoms with E-state index in [-0.39, 0.29) is 11.7 Å². The highest BCUT2D eigenvalue weighted by Crippen LogP contribution is 2.18. The fourth-order valence-electron chi connectivity index (χ4n) is 1.89. The maximum Gasteiger partial charge on any atom is 0.255 e. The van der Waals surface area contributed by atoms with Gasteiger partial charge < -0.3 is 10.2 Å². The SMILES string of the molecule is Cc1cc(F)ccc1NC(=O)c1cccc(N(C)C)c1. The first-order valence-electron chi connectivity index (χ1n) is 6.32. The van der Waals surface area contributed by atoms with Crippen LogP contribution in [-0.4, -0.2) is 20.0 Å². The Morgan fingerprint density at radius 1 is 1.15 bits per heavy atom. The van der Waals surface area contributed by atoms with Gasteiger partial charge in [0.05, 0.1) is 0 Å². The summed E-state index contributed by atoms with van der Waals surface area (Å²) >= 11 is 0. The Balaban J connectivity index is 2.21. The zero-order valence-corrected chi connectivity index (χ0v) is 11.8. The predicted octanol–water partition coefficient (Wildman–Crippen LogP) is 3.45. The topological polar surface area (TPSA) is 32.3 Å². The van der Waals surface area contributed by atoms with E-state index < -0.39 is 0 Å². The van der Waals surface area contributed by atoms with Crippen LogP contribution in [0.3, 0.4) is 0 Å². The minimum absolute atomic E-state index is 0.205. The summed E-state index contributed by atoms with van der Waals surface area (Å²) < 4.78 is 13.0. The van der Waals surface area contributed by atoms with Crippen molar-refractivity contribution in [2.45, 2.75) is 6.92 Å². The summed E-state index contributed by atoms with van der Waals surface area (Å²) in [6.45, 7) is 1.76. The van der Waals surface area contributed by atoms with Gasteiger partial charge in [0, 0.05) is 31.0 Å². The van der Waals surface area contributed by atoms with Crippen LogP contribution in [0.4, 0.5) is 15.8 Å². The van der Waals surface area contributed by atoms with E-state index in [4.69, 9.17) is 0 Å². The highest BCUT2D eigenvalue weighted by Gasteiger charge is 2.09. The van der Waals surface area contributed by atoms with Crippen molar-refractivity contribution >= 4 is 17.3 Å². The Labute approximate surface area is 118 Å². The first kappa shape index (κ1) is 14.1. The number of nitrogens with zero attached hydrogens (tertiary/aromatic N) is 1.